The van der Waals surface area contributed by atoms with E-state index in [1.54, 1.807) is 13.2 Å². The molecule has 0 aliphatic carbocycles. The van der Waals surface area contributed by atoms with Gasteiger partial charge in [-0.05, 0) is 42.0 Å². The molecule has 1 N–H and O–H groups in total. The van der Waals surface area contributed by atoms with Crippen LogP contribution in [0.25, 0.3) is 0 Å². The summed E-state index contributed by atoms with van der Waals surface area (Å²) in [5.74, 6) is 0.615. The van der Waals surface area contributed by atoms with Gasteiger partial charge in [0.25, 0.3) is 0 Å². The van der Waals surface area contributed by atoms with Crippen LogP contribution in [0.4, 0.5) is 0 Å². The van der Waals surface area contributed by atoms with Gasteiger partial charge in [0.2, 0.25) is 11.8 Å². The van der Waals surface area contributed by atoms with Crippen LogP contribution in [-0.4, -0.2) is 42.7 Å². The van der Waals surface area contributed by atoms with Crippen LogP contribution in [0.2, 0.25) is 0 Å². The van der Waals surface area contributed by atoms with Gasteiger partial charge in [0.05, 0.1) is 18.0 Å². The Kier molecular flexibility index (Phi) is 7.41. The lowest BCUT2D eigenvalue weighted by atomic mass is 10.0. The zero-order valence-corrected chi connectivity index (χ0v) is 17.4. The number of benzene rings is 1. The third-order valence-electron chi connectivity index (χ3n) is 5.11. The highest BCUT2D eigenvalue weighted by molar-refractivity contribution is 7.12. The van der Waals surface area contributed by atoms with Crippen molar-refractivity contribution < 1.29 is 19.1 Å². The number of thiophene rings is 1. The van der Waals surface area contributed by atoms with Gasteiger partial charge in [-0.3, -0.25) is 14.4 Å². The van der Waals surface area contributed by atoms with E-state index in [9.17, 15) is 14.4 Å². The molecule has 3 rings (SSSR count). The molecule has 1 fully saturated rings. The summed E-state index contributed by atoms with van der Waals surface area (Å²) in [6.07, 6.45) is 2.50. The zero-order chi connectivity index (χ0) is 20.6. The zero-order valence-electron chi connectivity index (χ0n) is 16.6. The summed E-state index contributed by atoms with van der Waals surface area (Å²) in [6.45, 7) is 1.02. The van der Waals surface area contributed by atoms with Crippen molar-refractivity contribution in [1.82, 2.24) is 10.2 Å². The van der Waals surface area contributed by atoms with E-state index in [0.717, 1.165) is 30.7 Å². The number of hydrogen-bond donors (Lipinski definition) is 1. The lowest BCUT2D eigenvalue weighted by Gasteiger charge is -2.25. The van der Waals surface area contributed by atoms with Crippen molar-refractivity contribution in [2.75, 3.05) is 20.2 Å². The van der Waals surface area contributed by atoms with Crippen LogP contribution in [-0.2, 0) is 9.59 Å². The molecule has 1 aliphatic rings. The molecule has 154 valence electrons. The Morgan fingerprint density at radius 1 is 1.14 bits per heavy atom. The molecule has 1 saturated heterocycles. The predicted molar refractivity (Wildman–Crippen MR) is 112 cm³/mol. The van der Waals surface area contributed by atoms with Crippen molar-refractivity contribution in [3.63, 3.8) is 0 Å². The number of rotatable bonds is 9. The number of hydrogen-bond acceptors (Lipinski definition) is 5. The first-order chi connectivity index (χ1) is 14.1. The monoisotopic (exact) mass is 414 g/mol. The van der Waals surface area contributed by atoms with Gasteiger partial charge in [-0.15, -0.1) is 11.3 Å². The van der Waals surface area contributed by atoms with E-state index in [1.165, 1.54) is 11.3 Å². The molecule has 6 nitrogen and oxygen atoms in total. The maximum atomic E-state index is 12.7. The average Bonchev–Trinajstić information content (AvgIpc) is 3.44. The number of ether oxygens (including phenoxy) is 1. The van der Waals surface area contributed by atoms with Crippen LogP contribution in [0, 0.1) is 0 Å². The van der Waals surface area contributed by atoms with Gasteiger partial charge in [0.15, 0.2) is 5.78 Å². The molecule has 2 aromatic rings. The third kappa shape index (κ3) is 5.67. The first-order valence-corrected chi connectivity index (χ1v) is 10.7. The number of ketones is 1. The molecule has 1 unspecified atom stereocenters. The quantitative estimate of drug-likeness (QED) is 0.636. The van der Waals surface area contributed by atoms with Crippen LogP contribution >= 0.6 is 11.3 Å². The molecule has 0 radical (unpaired) electrons. The van der Waals surface area contributed by atoms with E-state index in [4.69, 9.17) is 4.74 Å². The van der Waals surface area contributed by atoms with Crippen LogP contribution in [0.15, 0.2) is 41.8 Å². The largest absolute Gasteiger partial charge is 0.497 e. The van der Waals surface area contributed by atoms with Gasteiger partial charge in [0, 0.05) is 32.4 Å². The molecule has 1 aliphatic heterocycles. The fourth-order valence-corrected chi connectivity index (χ4v) is 4.26. The molecular weight excluding hydrogens is 388 g/mol. The normalized spacial score (nSPS) is 15.9. The third-order valence-corrected chi connectivity index (χ3v) is 6.02. The summed E-state index contributed by atoms with van der Waals surface area (Å²) >= 11 is 1.38. The number of methoxy groups -OCH3 is 1. The van der Waals surface area contributed by atoms with Crippen LogP contribution in [0.1, 0.15) is 53.4 Å². The maximum Gasteiger partial charge on any atom is 0.224 e. The smallest absolute Gasteiger partial charge is 0.224 e. The van der Waals surface area contributed by atoms with Crippen LogP contribution in [0.3, 0.4) is 0 Å². The number of amides is 2. The number of likely N-dealkylation sites (tertiary alicyclic amines) is 1. The molecule has 0 spiro atoms. The van der Waals surface area contributed by atoms with Crippen molar-refractivity contribution in [3.8, 4) is 5.75 Å². The summed E-state index contributed by atoms with van der Waals surface area (Å²) in [6, 6.07) is 11.5. The molecule has 0 saturated carbocycles. The molecule has 2 amide bonds. The van der Waals surface area contributed by atoms with E-state index in [1.807, 2.05) is 40.6 Å². The number of nitrogens with zero attached hydrogens (tertiary/aromatic N) is 1. The summed E-state index contributed by atoms with van der Waals surface area (Å²) in [4.78, 5) is 39.1. The van der Waals surface area contributed by atoms with Crippen molar-refractivity contribution in [3.05, 3.63) is 52.2 Å². The fraction of sp³-hybridized carbons (Fsp3) is 0.409. The Labute approximate surface area is 174 Å². The van der Waals surface area contributed by atoms with Crippen LogP contribution < -0.4 is 10.1 Å². The first kappa shape index (κ1) is 21.0. The maximum absolute atomic E-state index is 12.7. The molecule has 29 heavy (non-hydrogen) atoms. The Morgan fingerprint density at radius 2 is 1.93 bits per heavy atom. The molecule has 2 heterocycles. The number of carbonyl (C=O) groups excluding carboxylic acids is 3. The van der Waals surface area contributed by atoms with Gasteiger partial charge in [-0.1, -0.05) is 18.2 Å². The topological polar surface area (TPSA) is 75.7 Å². The molecule has 1 atom stereocenters. The lowest BCUT2D eigenvalue weighted by Crippen LogP contribution is -2.34. The number of Topliss-reactive ketones (excluding diaryl/α,β-unsaturated/α-hetero) is 1. The summed E-state index contributed by atoms with van der Waals surface area (Å²) in [7, 11) is 1.63. The second kappa shape index (κ2) is 10.2. The minimum atomic E-state index is -0.198. The van der Waals surface area contributed by atoms with E-state index in [0.29, 0.717) is 4.88 Å². The molecule has 7 heteroatoms. The van der Waals surface area contributed by atoms with Gasteiger partial charge < -0.3 is 15.0 Å². The number of carbonyl (C=O) groups is 3. The van der Waals surface area contributed by atoms with E-state index >= 15 is 0 Å². The summed E-state index contributed by atoms with van der Waals surface area (Å²) < 4.78 is 5.20. The Bertz CT molecular complexity index is 833. The van der Waals surface area contributed by atoms with Crippen molar-refractivity contribution in [2.45, 2.75) is 38.1 Å². The summed E-state index contributed by atoms with van der Waals surface area (Å²) in [5.41, 5.74) is 1.10. The number of nitrogens with one attached hydrogen (secondary N) is 1. The van der Waals surface area contributed by atoms with E-state index < -0.39 is 0 Å². The lowest BCUT2D eigenvalue weighted by molar-refractivity contribution is -0.132. The van der Waals surface area contributed by atoms with Gasteiger partial charge >= 0.3 is 0 Å². The highest BCUT2D eigenvalue weighted by Gasteiger charge is 2.29. The van der Waals surface area contributed by atoms with Crippen molar-refractivity contribution >= 4 is 28.9 Å². The van der Waals surface area contributed by atoms with Crippen molar-refractivity contribution in [1.29, 1.82) is 0 Å². The van der Waals surface area contributed by atoms with Gasteiger partial charge in [-0.25, -0.2) is 0 Å². The minimum Gasteiger partial charge on any atom is -0.497 e. The molecule has 0 bridgehead atoms. The standard InChI is InChI=1S/C22H26N2O4S/c1-28-17-8-6-16(7-9-17)18-4-2-14-24(18)22(27)12-13-23-21(26)11-10-19(25)20-5-3-15-29-20/h3,5-9,15,18H,2,4,10-14H2,1H3,(H,23,26). The van der Waals surface area contributed by atoms with E-state index in [2.05, 4.69) is 5.32 Å². The SMILES string of the molecule is COc1ccc(C2CCCN2C(=O)CCNC(=O)CCC(=O)c2cccs2)cc1. The van der Waals surface area contributed by atoms with Crippen molar-refractivity contribution in [2.24, 2.45) is 0 Å². The fourth-order valence-electron chi connectivity index (χ4n) is 3.57. The first-order valence-electron chi connectivity index (χ1n) is 9.85. The molecule has 1 aromatic heterocycles. The second-order valence-electron chi connectivity index (χ2n) is 7.02. The molecular formula is C22H26N2O4S. The Balaban J connectivity index is 1.42. The summed E-state index contributed by atoms with van der Waals surface area (Å²) in [5, 5.41) is 4.60. The predicted octanol–water partition coefficient (Wildman–Crippen LogP) is 3.59. The highest BCUT2D eigenvalue weighted by atomic mass is 32.1. The van der Waals surface area contributed by atoms with Gasteiger partial charge in [-0.2, -0.15) is 0 Å². The van der Waals surface area contributed by atoms with E-state index in [-0.39, 0.29) is 49.4 Å². The average molecular weight is 415 g/mol. The van der Waals surface area contributed by atoms with Gasteiger partial charge in [0.1, 0.15) is 5.75 Å². The Morgan fingerprint density at radius 3 is 2.62 bits per heavy atom. The second-order valence-corrected chi connectivity index (χ2v) is 7.97. The highest BCUT2D eigenvalue weighted by Crippen LogP contribution is 2.33. The minimum absolute atomic E-state index is 0.0226. The Hall–Kier alpha value is -2.67. The van der Waals surface area contributed by atoms with Crippen LogP contribution in [0.5, 0.6) is 5.75 Å². The molecule has 1 aromatic carbocycles.